The maximum atomic E-state index is 13.8. The van der Waals surface area contributed by atoms with Crippen molar-refractivity contribution in [1.29, 1.82) is 0 Å². The fourth-order valence-corrected chi connectivity index (χ4v) is 4.79. The molecule has 12 nitrogen and oxygen atoms in total. The molecular weight excluding hydrogens is 538 g/mol. The third-order valence-corrected chi connectivity index (χ3v) is 6.96. The van der Waals surface area contributed by atoms with E-state index in [0.717, 1.165) is 12.1 Å². The zero-order valence-corrected chi connectivity index (χ0v) is 22.6. The summed E-state index contributed by atoms with van der Waals surface area (Å²) in [6.07, 6.45) is 5.44. The summed E-state index contributed by atoms with van der Waals surface area (Å²) in [5, 5.41) is 16.5. The van der Waals surface area contributed by atoms with Gasteiger partial charge in [-0.2, -0.15) is 5.10 Å². The number of hydrogen-bond donors (Lipinski definition) is 2. The highest BCUT2D eigenvalue weighted by atomic mass is 19.1. The molecule has 2 N–H and O–H groups in total. The van der Waals surface area contributed by atoms with Gasteiger partial charge >= 0.3 is 0 Å². The van der Waals surface area contributed by atoms with Crippen LogP contribution in [0.2, 0.25) is 0 Å². The highest BCUT2D eigenvalue weighted by molar-refractivity contribution is 5.95. The van der Waals surface area contributed by atoms with E-state index in [4.69, 9.17) is 4.74 Å². The molecular formula is C27H28F2N8O4. The van der Waals surface area contributed by atoms with Crippen LogP contribution in [-0.4, -0.2) is 82.5 Å². The van der Waals surface area contributed by atoms with E-state index < -0.39 is 23.2 Å². The molecule has 0 bridgehead atoms. The summed E-state index contributed by atoms with van der Waals surface area (Å²) < 4.78 is 33.7. The van der Waals surface area contributed by atoms with Crippen molar-refractivity contribution in [3.05, 3.63) is 71.9 Å². The molecule has 0 radical (unpaired) electrons. The zero-order valence-electron chi connectivity index (χ0n) is 22.6. The molecule has 0 aliphatic carbocycles. The Hall–Kier alpha value is -4.56. The van der Waals surface area contributed by atoms with E-state index in [1.807, 2.05) is 18.7 Å². The summed E-state index contributed by atoms with van der Waals surface area (Å²) in [7, 11) is 0. The van der Waals surface area contributed by atoms with Crippen LogP contribution in [0, 0.1) is 11.6 Å². The molecule has 0 saturated carbocycles. The number of carbonyl (C=O) groups is 2. The smallest absolute Gasteiger partial charge is 0.255 e. The van der Waals surface area contributed by atoms with Crippen LogP contribution in [0.25, 0.3) is 5.65 Å². The largest absolute Gasteiger partial charge is 0.434 e. The number of halogens is 2. The quantitative estimate of drug-likeness (QED) is 0.346. The van der Waals surface area contributed by atoms with E-state index in [0.29, 0.717) is 42.5 Å². The van der Waals surface area contributed by atoms with Crippen LogP contribution in [-0.2, 0) is 11.4 Å². The van der Waals surface area contributed by atoms with Crippen molar-refractivity contribution in [2.45, 2.75) is 39.0 Å². The minimum Gasteiger partial charge on any atom is -0.434 e. The van der Waals surface area contributed by atoms with Crippen molar-refractivity contribution < 1.29 is 28.2 Å². The molecule has 3 aromatic heterocycles. The average Bonchev–Trinajstić information content (AvgIpc) is 3.42. The van der Waals surface area contributed by atoms with Crippen molar-refractivity contribution in [2.75, 3.05) is 25.0 Å². The summed E-state index contributed by atoms with van der Waals surface area (Å²) in [6.45, 7) is 6.58. The van der Waals surface area contributed by atoms with E-state index in [1.54, 1.807) is 24.1 Å². The first-order valence-electron chi connectivity index (χ1n) is 12.8. The van der Waals surface area contributed by atoms with Gasteiger partial charge in [0, 0.05) is 37.5 Å². The number of rotatable bonds is 7. The van der Waals surface area contributed by atoms with Crippen LogP contribution >= 0.6 is 0 Å². The molecule has 2 amide bonds. The summed E-state index contributed by atoms with van der Waals surface area (Å²) in [6, 6.07) is 3.97. The third-order valence-electron chi connectivity index (χ3n) is 6.96. The van der Waals surface area contributed by atoms with Crippen molar-refractivity contribution in [2.24, 2.45) is 0 Å². The first-order chi connectivity index (χ1) is 19.6. The number of nitrogens with zero attached hydrogens (tertiary/aromatic N) is 7. The number of anilines is 1. The lowest BCUT2D eigenvalue weighted by molar-refractivity contribution is -0.122. The Labute approximate surface area is 233 Å². The van der Waals surface area contributed by atoms with E-state index >= 15 is 0 Å². The van der Waals surface area contributed by atoms with Gasteiger partial charge in [-0.3, -0.25) is 14.5 Å². The minimum atomic E-state index is -0.881. The Morgan fingerprint density at radius 2 is 1.95 bits per heavy atom. The minimum absolute atomic E-state index is 0.0295. The molecule has 0 spiro atoms. The molecule has 0 unspecified atom stereocenters. The van der Waals surface area contributed by atoms with Gasteiger partial charge in [0.25, 0.3) is 5.91 Å². The van der Waals surface area contributed by atoms with Crippen molar-refractivity contribution in [3.63, 3.8) is 0 Å². The van der Waals surface area contributed by atoms with Gasteiger partial charge in [-0.15, -0.1) is 0 Å². The SMILES string of the molecule is C[C@@H](C(=O)Nc1cnc(Oc2ccc(F)cc2F)cn1)N1CCN(C(=O)c2cc(CO)c3ncnn3c2)C(C)(C)C1. The predicted octanol–water partition coefficient (Wildman–Crippen LogP) is 2.65. The number of benzene rings is 1. The van der Waals surface area contributed by atoms with Gasteiger partial charge in [0.15, 0.2) is 23.0 Å². The molecule has 1 aromatic carbocycles. The van der Waals surface area contributed by atoms with Crippen LogP contribution in [0.15, 0.2) is 49.2 Å². The van der Waals surface area contributed by atoms with Crippen LogP contribution in [0.3, 0.4) is 0 Å². The van der Waals surface area contributed by atoms with Crippen molar-refractivity contribution in [1.82, 2.24) is 34.4 Å². The lowest BCUT2D eigenvalue weighted by Crippen LogP contribution is -2.63. The average molecular weight is 567 g/mol. The Kier molecular flexibility index (Phi) is 7.60. The molecule has 4 aromatic rings. The lowest BCUT2D eigenvalue weighted by atomic mass is 9.96. The standard InChI is InChI=1S/C27H28F2N8O4/c1-16(25(39)34-22-10-31-23(11-30-22)41-21-5-4-19(28)9-20(21)29)35-6-7-36(27(2,3)14-35)26(40)17-8-18(13-38)24-32-15-33-37(24)12-17/h4-5,8-12,15-16,38H,6-7,13-14H2,1-3H3,(H,30,34,39)/t16-/m0/s1. The molecule has 14 heteroatoms. The maximum absolute atomic E-state index is 13.8. The summed E-state index contributed by atoms with van der Waals surface area (Å²) in [4.78, 5) is 42.5. The number of nitrogens with one attached hydrogen (secondary N) is 1. The van der Waals surface area contributed by atoms with Crippen LogP contribution in [0.1, 0.15) is 36.7 Å². The third kappa shape index (κ3) is 5.83. The number of piperazine rings is 1. The second kappa shape index (κ2) is 11.1. The summed E-state index contributed by atoms with van der Waals surface area (Å²) in [5.74, 6) is -2.21. The highest BCUT2D eigenvalue weighted by Crippen LogP contribution is 2.26. The van der Waals surface area contributed by atoms with Crippen molar-refractivity contribution in [3.8, 4) is 11.6 Å². The molecule has 1 fully saturated rings. The Bertz CT molecular complexity index is 1590. The van der Waals surface area contributed by atoms with Gasteiger partial charge in [0.2, 0.25) is 11.8 Å². The number of aromatic nitrogens is 5. The number of aliphatic hydroxyl groups is 1. The number of ether oxygens (including phenoxy) is 1. The van der Waals surface area contributed by atoms with Gasteiger partial charge < -0.3 is 20.1 Å². The summed E-state index contributed by atoms with van der Waals surface area (Å²) >= 11 is 0. The molecule has 4 heterocycles. The molecule has 41 heavy (non-hydrogen) atoms. The Balaban J connectivity index is 1.21. The monoisotopic (exact) mass is 566 g/mol. The first-order valence-corrected chi connectivity index (χ1v) is 12.8. The molecule has 1 aliphatic heterocycles. The van der Waals surface area contributed by atoms with Crippen LogP contribution in [0.5, 0.6) is 11.6 Å². The number of pyridine rings is 1. The van der Waals surface area contributed by atoms with Crippen molar-refractivity contribution >= 4 is 23.3 Å². The number of fused-ring (bicyclic) bond motifs is 1. The summed E-state index contributed by atoms with van der Waals surface area (Å²) in [5.41, 5.74) is 0.754. The van der Waals surface area contributed by atoms with Gasteiger partial charge in [-0.25, -0.2) is 28.2 Å². The highest BCUT2D eigenvalue weighted by Gasteiger charge is 2.40. The van der Waals surface area contributed by atoms with Crippen LogP contribution in [0.4, 0.5) is 14.6 Å². The second-order valence-corrected chi connectivity index (χ2v) is 10.3. The van der Waals surface area contributed by atoms with Crippen LogP contribution < -0.4 is 10.1 Å². The maximum Gasteiger partial charge on any atom is 0.255 e. The van der Waals surface area contributed by atoms with Gasteiger partial charge in [0.05, 0.1) is 36.1 Å². The van der Waals surface area contributed by atoms with Gasteiger partial charge in [-0.1, -0.05) is 0 Å². The Morgan fingerprint density at radius 1 is 1.15 bits per heavy atom. The van der Waals surface area contributed by atoms with E-state index in [9.17, 15) is 23.5 Å². The Morgan fingerprint density at radius 3 is 2.63 bits per heavy atom. The molecule has 1 aliphatic rings. The number of aliphatic hydroxyl groups excluding tert-OH is 1. The molecule has 214 valence electrons. The van der Waals surface area contributed by atoms with Gasteiger partial charge in [-0.05, 0) is 39.0 Å². The fourth-order valence-electron chi connectivity index (χ4n) is 4.79. The molecule has 1 atom stereocenters. The number of amides is 2. The first kappa shape index (κ1) is 28.0. The molecule has 1 saturated heterocycles. The lowest BCUT2D eigenvalue weighted by Gasteiger charge is -2.48. The van der Waals surface area contributed by atoms with E-state index in [2.05, 4.69) is 25.4 Å². The number of hydrogen-bond acceptors (Lipinski definition) is 9. The predicted molar refractivity (Wildman–Crippen MR) is 142 cm³/mol. The topological polar surface area (TPSA) is 138 Å². The van der Waals surface area contributed by atoms with E-state index in [1.165, 1.54) is 23.2 Å². The number of carbonyl (C=O) groups excluding carboxylic acids is 2. The van der Waals surface area contributed by atoms with Gasteiger partial charge in [0.1, 0.15) is 12.1 Å². The zero-order chi connectivity index (χ0) is 29.3. The fraction of sp³-hybridized carbons (Fsp3) is 0.333. The molecule has 5 rings (SSSR count). The normalized spacial score (nSPS) is 16.0. The van der Waals surface area contributed by atoms with E-state index in [-0.39, 0.29) is 35.9 Å². The second-order valence-electron chi connectivity index (χ2n) is 10.3.